The summed E-state index contributed by atoms with van der Waals surface area (Å²) < 4.78 is 0. The average Bonchev–Trinajstić information content (AvgIpc) is 3.64. The molecule has 0 aliphatic rings. The summed E-state index contributed by atoms with van der Waals surface area (Å²) in [7, 11) is -5.45. The number of benzene rings is 11. The first-order valence-electron chi connectivity index (χ1n) is 29.0. The third-order valence-electron chi connectivity index (χ3n) is 17.6. The molecule has 1 unspecified atom stereocenters. The summed E-state index contributed by atoms with van der Waals surface area (Å²) in [5.41, 5.74) is 10.8. The van der Waals surface area contributed by atoms with Crippen molar-refractivity contribution in [3.63, 3.8) is 0 Å². The molecule has 0 heterocycles. The van der Waals surface area contributed by atoms with Gasteiger partial charge in [0.15, 0.2) is 16.1 Å². The molecule has 0 amide bonds. The molecule has 0 aromatic heterocycles. The SMILES string of the molecule is CC(C)(C)c1ccc(C(c2ccccc2)(c2ccccc2)c2ccc(-c3ccc([Si](c4ccccc4)(c4cccc(CC(C)(C)c5cccc([Si](c6ccccc6)(c6ccccc6)c6ccccc6)c5)c4)C(C)(C)C)cc3)cc2)cc1. The van der Waals surface area contributed by atoms with Gasteiger partial charge in [0.25, 0.3) is 0 Å². The predicted molar refractivity (Wildman–Crippen MR) is 353 cm³/mol. The largest absolute Gasteiger partial charge is 0.179 e. The molecule has 0 bridgehead atoms. The van der Waals surface area contributed by atoms with Crippen molar-refractivity contribution in [2.75, 3.05) is 0 Å². The van der Waals surface area contributed by atoms with Gasteiger partial charge in [0, 0.05) is 0 Å². The topological polar surface area (TPSA) is 0 Å². The van der Waals surface area contributed by atoms with Crippen molar-refractivity contribution in [1.29, 1.82) is 0 Å². The van der Waals surface area contributed by atoms with Crippen LogP contribution in [0.15, 0.2) is 303 Å². The first-order valence-corrected chi connectivity index (χ1v) is 33.0. The van der Waals surface area contributed by atoms with Crippen LogP contribution in [0.1, 0.15) is 94.3 Å². The Kier molecular flexibility index (Phi) is 15.2. The molecule has 11 aromatic carbocycles. The molecule has 0 radical (unpaired) electrons. The Labute approximate surface area is 486 Å². The van der Waals surface area contributed by atoms with Crippen LogP contribution in [0.5, 0.6) is 0 Å². The fourth-order valence-electron chi connectivity index (χ4n) is 13.7. The lowest BCUT2D eigenvalue weighted by atomic mass is 9.64. The lowest BCUT2D eigenvalue weighted by Gasteiger charge is -2.45. The van der Waals surface area contributed by atoms with Crippen molar-refractivity contribution in [3.05, 3.63) is 342 Å². The van der Waals surface area contributed by atoms with Crippen LogP contribution in [0.3, 0.4) is 0 Å². The highest BCUT2D eigenvalue weighted by Gasteiger charge is 2.49. The monoisotopic (exact) mass is 1080 g/mol. The van der Waals surface area contributed by atoms with Gasteiger partial charge in [0.1, 0.15) is 0 Å². The first-order chi connectivity index (χ1) is 39.2. The molecule has 0 saturated heterocycles. The highest BCUT2D eigenvalue weighted by Crippen LogP contribution is 2.46. The molecule has 2 heteroatoms. The van der Waals surface area contributed by atoms with Crippen LogP contribution in [-0.4, -0.2) is 16.1 Å². The molecule has 0 aliphatic heterocycles. The summed E-state index contributed by atoms with van der Waals surface area (Å²) in [6, 6.07) is 115. The maximum absolute atomic E-state index is 2.74. The van der Waals surface area contributed by atoms with Gasteiger partial charge in [-0.1, -0.05) is 359 Å². The Morgan fingerprint density at radius 3 is 1.04 bits per heavy atom. The van der Waals surface area contributed by atoms with Gasteiger partial charge in [-0.2, -0.15) is 0 Å². The minimum atomic E-state index is -2.74. The van der Waals surface area contributed by atoms with Crippen molar-refractivity contribution in [2.45, 2.75) is 83.1 Å². The van der Waals surface area contributed by atoms with Crippen LogP contribution < -0.4 is 36.3 Å². The van der Waals surface area contributed by atoms with E-state index in [9.17, 15) is 0 Å². The first kappa shape index (κ1) is 54.8. The van der Waals surface area contributed by atoms with Crippen molar-refractivity contribution < 1.29 is 0 Å². The second-order valence-corrected chi connectivity index (χ2v) is 33.6. The van der Waals surface area contributed by atoms with Crippen LogP contribution in [0.4, 0.5) is 0 Å². The predicted octanol–water partition coefficient (Wildman–Crippen LogP) is 15.2. The Morgan fingerprint density at radius 1 is 0.259 bits per heavy atom. The fraction of sp³-hybridized carbons (Fsp3) is 0.165. The fourth-order valence-corrected chi connectivity index (χ4v) is 24.2. The molecule has 11 rings (SSSR count). The standard InChI is InChI=1S/C79H76Si2/c1-76(2,3)63-51-53-67(54-52-63)79(64-30-15-9-16-31-64,65-32-17-10-18-33-65)66-49-45-61(46-50-66)62-47-55-73(56-48-62)81(77(4,5)6,72-41-25-14-26-42-72)75-44-27-29-60(57-75)59-78(7,8)68-34-28-43-74(58-68)80(69-35-19-11-20-36-69,70-37-21-12-22-38-70)71-39-23-13-24-40-71/h9-58H,59H2,1-8H3. The smallest absolute Gasteiger partial charge is 0.0624 e. The quantitative estimate of drug-likeness (QED) is 0.0709. The second-order valence-electron chi connectivity index (χ2n) is 25.0. The molecule has 11 aromatic rings. The molecule has 400 valence electrons. The van der Waals surface area contributed by atoms with Gasteiger partial charge in [0.05, 0.1) is 5.41 Å². The highest BCUT2D eigenvalue weighted by atomic mass is 28.3. The van der Waals surface area contributed by atoms with E-state index in [1.807, 2.05) is 0 Å². The Morgan fingerprint density at radius 2 is 0.593 bits per heavy atom. The van der Waals surface area contributed by atoms with E-state index < -0.39 is 21.6 Å². The van der Waals surface area contributed by atoms with Gasteiger partial charge >= 0.3 is 0 Å². The minimum absolute atomic E-state index is 0.0511. The maximum atomic E-state index is 2.59. The van der Waals surface area contributed by atoms with E-state index in [0.29, 0.717) is 0 Å². The molecule has 0 spiro atoms. The van der Waals surface area contributed by atoms with E-state index in [-0.39, 0.29) is 15.9 Å². The van der Waals surface area contributed by atoms with E-state index in [2.05, 4.69) is 359 Å². The molecule has 81 heavy (non-hydrogen) atoms. The maximum Gasteiger partial charge on any atom is 0.179 e. The van der Waals surface area contributed by atoms with Crippen LogP contribution in [0, 0.1) is 0 Å². The van der Waals surface area contributed by atoms with Crippen LogP contribution in [-0.2, 0) is 22.7 Å². The summed E-state index contributed by atoms with van der Waals surface area (Å²) in [5, 5.41) is 9.79. The molecular weight excluding hydrogens is 1010 g/mol. The van der Waals surface area contributed by atoms with Gasteiger partial charge in [-0.15, -0.1) is 0 Å². The Bertz CT molecular complexity index is 3680. The van der Waals surface area contributed by atoms with Crippen LogP contribution in [0.25, 0.3) is 11.1 Å². The highest BCUT2D eigenvalue weighted by molar-refractivity contribution is 7.20. The second kappa shape index (κ2) is 22.4. The minimum Gasteiger partial charge on any atom is -0.0624 e. The summed E-state index contributed by atoms with van der Waals surface area (Å²) in [4.78, 5) is 0. The van der Waals surface area contributed by atoms with E-state index in [0.717, 1.165) is 6.42 Å². The van der Waals surface area contributed by atoms with Crippen LogP contribution in [0.2, 0.25) is 5.04 Å². The number of hydrogen-bond donors (Lipinski definition) is 0. The molecule has 0 saturated carbocycles. The zero-order valence-corrected chi connectivity index (χ0v) is 50.6. The molecule has 0 N–H and O–H groups in total. The van der Waals surface area contributed by atoms with Gasteiger partial charge in [-0.05, 0) is 109 Å². The Hall–Kier alpha value is -8.15. The summed E-state index contributed by atoms with van der Waals surface area (Å²) in [6.45, 7) is 19.2. The van der Waals surface area contributed by atoms with Gasteiger partial charge < -0.3 is 0 Å². The van der Waals surface area contributed by atoms with Crippen molar-refractivity contribution in [2.24, 2.45) is 0 Å². The molecule has 0 aliphatic carbocycles. The van der Waals surface area contributed by atoms with Crippen molar-refractivity contribution >= 4 is 52.5 Å². The summed E-state index contributed by atoms with van der Waals surface area (Å²) >= 11 is 0. The van der Waals surface area contributed by atoms with Crippen molar-refractivity contribution in [3.8, 4) is 11.1 Å². The molecule has 0 fully saturated rings. The molecule has 1 atom stereocenters. The van der Waals surface area contributed by atoms with E-state index in [1.54, 1.807) is 0 Å². The van der Waals surface area contributed by atoms with E-state index >= 15 is 0 Å². The Balaban J connectivity index is 0.971. The number of rotatable bonds is 15. The molecule has 0 nitrogen and oxygen atoms in total. The van der Waals surface area contributed by atoms with E-state index in [4.69, 9.17) is 0 Å². The normalized spacial score (nSPS) is 13.1. The number of hydrogen-bond acceptors (Lipinski definition) is 0. The zero-order valence-electron chi connectivity index (χ0n) is 48.6. The third kappa shape index (κ3) is 10.2. The molecular formula is C79H76Si2. The van der Waals surface area contributed by atoms with Crippen molar-refractivity contribution in [1.82, 2.24) is 0 Å². The van der Waals surface area contributed by atoms with E-state index in [1.165, 1.54) is 86.4 Å². The average molecular weight is 1080 g/mol. The third-order valence-corrected chi connectivity index (χ3v) is 28.2. The lowest BCUT2D eigenvalue weighted by Crippen LogP contribution is -2.74. The summed E-state index contributed by atoms with van der Waals surface area (Å²) in [6.07, 6.45) is 0.900. The zero-order chi connectivity index (χ0) is 56.3. The lowest BCUT2D eigenvalue weighted by molar-refractivity contribution is 0.523. The van der Waals surface area contributed by atoms with Gasteiger partial charge in [-0.3, -0.25) is 0 Å². The summed E-state index contributed by atoms with van der Waals surface area (Å²) in [5.74, 6) is 0. The van der Waals surface area contributed by atoms with Gasteiger partial charge in [-0.25, -0.2) is 0 Å². The van der Waals surface area contributed by atoms with Crippen LogP contribution >= 0.6 is 0 Å². The van der Waals surface area contributed by atoms with Gasteiger partial charge in [0.2, 0.25) is 0 Å².